The standard InChI is InChI=1S/C14H10ClF2NO4S/c1-22-14(19)8-2-4-10(15)12(6-8)18-23(20,21)13-7-9(16)3-5-11(13)17/h2-7,18H,1H3. The van der Waals surface area contributed by atoms with Gasteiger partial charge < -0.3 is 4.74 Å². The van der Waals surface area contributed by atoms with Gasteiger partial charge in [0.2, 0.25) is 0 Å². The summed E-state index contributed by atoms with van der Waals surface area (Å²) >= 11 is 5.86. The Morgan fingerprint density at radius 1 is 1.17 bits per heavy atom. The van der Waals surface area contributed by atoms with Crippen molar-refractivity contribution in [3.05, 3.63) is 58.6 Å². The number of rotatable bonds is 4. The molecule has 0 aliphatic heterocycles. The first-order valence-electron chi connectivity index (χ1n) is 6.10. The Kier molecular flexibility index (Phi) is 4.86. The molecule has 5 nitrogen and oxygen atoms in total. The first kappa shape index (κ1) is 17.2. The van der Waals surface area contributed by atoms with Gasteiger partial charge in [0.15, 0.2) is 0 Å². The Balaban J connectivity index is 2.45. The number of hydrogen-bond acceptors (Lipinski definition) is 4. The van der Waals surface area contributed by atoms with E-state index in [1.165, 1.54) is 12.1 Å². The summed E-state index contributed by atoms with van der Waals surface area (Å²) in [6.07, 6.45) is 0. The maximum Gasteiger partial charge on any atom is 0.337 e. The second-order valence-corrected chi connectivity index (χ2v) is 6.42. The molecular formula is C14H10ClF2NO4S. The molecule has 23 heavy (non-hydrogen) atoms. The fourth-order valence-corrected chi connectivity index (χ4v) is 3.11. The van der Waals surface area contributed by atoms with Crippen molar-refractivity contribution in [2.24, 2.45) is 0 Å². The Hall–Kier alpha value is -2.19. The van der Waals surface area contributed by atoms with Crippen molar-refractivity contribution in [2.45, 2.75) is 4.90 Å². The van der Waals surface area contributed by atoms with E-state index in [0.29, 0.717) is 12.1 Å². The average molecular weight is 362 g/mol. The maximum absolute atomic E-state index is 13.6. The van der Waals surface area contributed by atoms with E-state index in [1.807, 2.05) is 4.72 Å². The molecule has 122 valence electrons. The van der Waals surface area contributed by atoms with Crippen molar-refractivity contribution in [2.75, 3.05) is 11.8 Å². The topological polar surface area (TPSA) is 72.5 Å². The molecule has 0 unspecified atom stereocenters. The van der Waals surface area contributed by atoms with Crippen molar-refractivity contribution >= 4 is 33.3 Å². The number of hydrogen-bond donors (Lipinski definition) is 1. The highest BCUT2D eigenvalue weighted by Crippen LogP contribution is 2.27. The molecule has 0 aliphatic rings. The lowest BCUT2D eigenvalue weighted by Crippen LogP contribution is -2.15. The minimum Gasteiger partial charge on any atom is -0.465 e. The predicted octanol–water partition coefficient (Wildman–Crippen LogP) is 3.21. The van der Waals surface area contributed by atoms with E-state index in [9.17, 15) is 22.0 Å². The third kappa shape index (κ3) is 3.77. The molecular weight excluding hydrogens is 352 g/mol. The normalized spacial score (nSPS) is 11.1. The quantitative estimate of drug-likeness (QED) is 0.849. The third-order valence-electron chi connectivity index (χ3n) is 2.81. The molecule has 0 saturated heterocycles. The lowest BCUT2D eigenvalue weighted by Gasteiger charge is -2.11. The zero-order valence-electron chi connectivity index (χ0n) is 11.6. The van der Waals surface area contributed by atoms with Crippen LogP contribution in [-0.2, 0) is 14.8 Å². The van der Waals surface area contributed by atoms with Gasteiger partial charge in [-0.25, -0.2) is 22.0 Å². The summed E-state index contributed by atoms with van der Waals surface area (Å²) in [6, 6.07) is 5.75. The Bertz CT molecular complexity index is 871. The SMILES string of the molecule is COC(=O)c1ccc(Cl)c(NS(=O)(=O)c2cc(F)ccc2F)c1. The van der Waals surface area contributed by atoms with Gasteiger partial charge in [-0.15, -0.1) is 0 Å². The van der Waals surface area contributed by atoms with Crippen LogP contribution in [0.4, 0.5) is 14.5 Å². The van der Waals surface area contributed by atoms with Crippen LogP contribution < -0.4 is 4.72 Å². The number of sulfonamides is 1. The van der Waals surface area contributed by atoms with Crippen molar-refractivity contribution in [1.82, 2.24) is 0 Å². The van der Waals surface area contributed by atoms with Crippen LogP contribution in [0.2, 0.25) is 5.02 Å². The average Bonchev–Trinajstić information content (AvgIpc) is 2.50. The molecule has 0 bridgehead atoms. The van der Waals surface area contributed by atoms with Gasteiger partial charge in [-0.1, -0.05) is 11.6 Å². The minimum absolute atomic E-state index is 0.0296. The van der Waals surface area contributed by atoms with Crippen LogP contribution in [0, 0.1) is 11.6 Å². The van der Waals surface area contributed by atoms with E-state index in [1.54, 1.807) is 0 Å². The molecule has 0 spiro atoms. The summed E-state index contributed by atoms with van der Waals surface area (Å²) in [5.74, 6) is -2.75. The smallest absolute Gasteiger partial charge is 0.337 e. The van der Waals surface area contributed by atoms with Gasteiger partial charge in [0.25, 0.3) is 10.0 Å². The molecule has 2 aromatic rings. The number of benzene rings is 2. The number of methoxy groups -OCH3 is 1. The van der Waals surface area contributed by atoms with Crippen molar-refractivity contribution in [3.8, 4) is 0 Å². The number of carbonyl (C=O) groups excluding carboxylic acids is 1. The van der Waals surface area contributed by atoms with Gasteiger partial charge in [0.05, 0.1) is 23.4 Å². The van der Waals surface area contributed by atoms with Crippen LogP contribution in [0.5, 0.6) is 0 Å². The predicted molar refractivity (Wildman–Crippen MR) is 80.0 cm³/mol. The van der Waals surface area contributed by atoms with E-state index in [2.05, 4.69) is 4.74 Å². The number of esters is 1. The van der Waals surface area contributed by atoms with Crippen LogP contribution in [0.1, 0.15) is 10.4 Å². The number of ether oxygens (including phenoxy) is 1. The molecule has 0 saturated carbocycles. The number of anilines is 1. The van der Waals surface area contributed by atoms with Crippen LogP contribution in [0.3, 0.4) is 0 Å². The molecule has 0 atom stereocenters. The summed E-state index contributed by atoms with van der Waals surface area (Å²) in [6.45, 7) is 0. The van der Waals surface area contributed by atoms with Crippen molar-refractivity contribution in [3.63, 3.8) is 0 Å². The monoisotopic (exact) mass is 361 g/mol. The Morgan fingerprint density at radius 2 is 1.87 bits per heavy atom. The minimum atomic E-state index is -4.44. The maximum atomic E-state index is 13.6. The lowest BCUT2D eigenvalue weighted by molar-refractivity contribution is 0.0601. The van der Waals surface area contributed by atoms with Gasteiger partial charge in [-0.2, -0.15) is 0 Å². The van der Waals surface area contributed by atoms with Gasteiger partial charge in [0, 0.05) is 0 Å². The summed E-state index contributed by atoms with van der Waals surface area (Å²) in [5.41, 5.74) is -0.132. The first-order chi connectivity index (χ1) is 10.7. The molecule has 0 amide bonds. The second kappa shape index (κ2) is 6.51. The lowest BCUT2D eigenvalue weighted by atomic mass is 10.2. The highest BCUT2D eigenvalue weighted by molar-refractivity contribution is 7.92. The summed E-state index contributed by atoms with van der Waals surface area (Å²) in [7, 11) is -3.28. The van der Waals surface area contributed by atoms with Crippen LogP contribution in [0.25, 0.3) is 0 Å². The molecule has 1 N–H and O–H groups in total. The van der Waals surface area contributed by atoms with E-state index in [-0.39, 0.29) is 16.3 Å². The van der Waals surface area contributed by atoms with Gasteiger partial charge >= 0.3 is 5.97 Å². The van der Waals surface area contributed by atoms with E-state index in [4.69, 9.17) is 11.6 Å². The zero-order chi connectivity index (χ0) is 17.2. The van der Waals surface area contributed by atoms with Gasteiger partial charge in [0.1, 0.15) is 16.5 Å². The highest BCUT2D eigenvalue weighted by Gasteiger charge is 2.22. The van der Waals surface area contributed by atoms with Crippen molar-refractivity contribution in [1.29, 1.82) is 0 Å². The zero-order valence-corrected chi connectivity index (χ0v) is 13.2. The molecule has 9 heteroatoms. The number of halogens is 3. The molecule has 0 aromatic heterocycles. The van der Waals surface area contributed by atoms with Gasteiger partial charge in [-0.05, 0) is 36.4 Å². The molecule has 0 radical (unpaired) electrons. The summed E-state index contributed by atoms with van der Waals surface area (Å²) < 4.78 is 57.7. The van der Waals surface area contributed by atoms with Crippen LogP contribution in [-0.4, -0.2) is 21.5 Å². The number of carbonyl (C=O) groups is 1. The molecule has 0 aliphatic carbocycles. The second-order valence-electron chi connectivity index (χ2n) is 4.37. The van der Waals surface area contributed by atoms with Crippen molar-refractivity contribution < 1.29 is 26.7 Å². The summed E-state index contributed by atoms with van der Waals surface area (Å²) in [5, 5.41) is -0.0296. The van der Waals surface area contributed by atoms with E-state index >= 15 is 0 Å². The number of nitrogens with one attached hydrogen (secondary N) is 1. The van der Waals surface area contributed by atoms with Crippen LogP contribution in [0.15, 0.2) is 41.3 Å². The third-order valence-corrected chi connectivity index (χ3v) is 4.52. The van der Waals surface area contributed by atoms with Gasteiger partial charge in [-0.3, -0.25) is 4.72 Å². The van der Waals surface area contributed by atoms with Crippen LogP contribution >= 0.6 is 11.6 Å². The Labute approximate surface area is 135 Å². The van der Waals surface area contributed by atoms with E-state index in [0.717, 1.165) is 19.2 Å². The molecule has 0 heterocycles. The van der Waals surface area contributed by atoms with E-state index < -0.39 is 32.5 Å². The molecule has 2 aromatic carbocycles. The molecule has 2 rings (SSSR count). The Morgan fingerprint density at radius 3 is 2.52 bits per heavy atom. The summed E-state index contributed by atoms with van der Waals surface area (Å²) in [4.78, 5) is 10.6. The largest absolute Gasteiger partial charge is 0.465 e. The molecule has 0 fully saturated rings. The first-order valence-corrected chi connectivity index (χ1v) is 7.96. The fraction of sp³-hybridized carbons (Fsp3) is 0.0714. The highest BCUT2D eigenvalue weighted by atomic mass is 35.5. The fourth-order valence-electron chi connectivity index (χ4n) is 1.73.